The van der Waals surface area contributed by atoms with Crippen molar-refractivity contribution in [1.82, 2.24) is 5.48 Å². The summed E-state index contributed by atoms with van der Waals surface area (Å²) < 4.78 is 0. The highest BCUT2D eigenvalue weighted by Gasteiger charge is 2.18. The molecule has 0 bridgehead atoms. The van der Waals surface area contributed by atoms with Gasteiger partial charge >= 0.3 is 0 Å². The Morgan fingerprint density at radius 3 is 2.44 bits per heavy atom. The maximum absolute atomic E-state index is 11.3. The molecular weight excluding hydrogens is 210 g/mol. The number of primary amides is 1. The molecule has 0 aromatic carbocycles. The first-order valence-electron chi connectivity index (χ1n) is 5.26. The fraction of sp³-hybridized carbons (Fsp3) is 0.800. The Bertz CT molecular complexity index is 241. The summed E-state index contributed by atoms with van der Waals surface area (Å²) in [6, 6.07) is 0. The zero-order chi connectivity index (χ0) is 12.6. The molecule has 0 atom stereocenters. The first-order valence-corrected chi connectivity index (χ1v) is 5.26. The number of hydroxylamine groups is 1. The highest BCUT2D eigenvalue weighted by atomic mass is 16.7. The highest BCUT2D eigenvalue weighted by Crippen LogP contribution is 2.25. The van der Waals surface area contributed by atoms with E-state index in [0.29, 0.717) is 13.0 Å². The highest BCUT2D eigenvalue weighted by molar-refractivity contribution is 5.76. The van der Waals surface area contributed by atoms with E-state index in [2.05, 4.69) is 24.2 Å². The van der Waals surface area contributed by atoms with Crippen molar-refractivity contribution < 1.29 is 14.4 Å². The summed E-state index contributed by atoms with van der Waals surface area (Å²) in [4.78, 5) is 26.2. The molecule has 94 valence electrons. The predicted octanol–water partition coefficient (Wildman–Crippen LogP) is -0.325. The van der Waals surface area contributed by atoms with Gasteiger partial charge in [-0.25, -0.2) is 5.48 Å². The van der Waals surface area contributed by atoms with Crippen molar-refractivity contribution in [3.8, 4) is 0 Å². The quantitative estimate of drug-likeness (QED) is 0.497. The number of rotatable bonds is 8. The van der Waals surface area contributed by atoms with Gasteiger partial charge in [-0.05, 0) is 24.8 Å². The predicted molar refractivity (Wildman–Crippen MR) is 60.0 cm³/mol. The van der Waals surface area contributed by atoms with E-state index in [1.807, 2.05) is 0 Å². The lowest BCUT2D eigenvalue weighted by Crippen LogP contribution is -2.30. The molecule has 0 aliphatic carbocycles. The fourth-order valence-electron chi connectivity index (χ4n) is 1.21. The Labute approximate surface area is 95.6 Å². The molecule has 0 rings (SSSR count). The minimum Gasteiger partial charge on any atom is -0.368 e. The summed E-state index contributed by atoms with van der Waals surface area (Å²) in [6.45, 7) is 4.40. The molecule has 16 heavy (non-hydrogen) atoms. The molecule has 5 N–H and O–H groups in total. The lowest BCUT2D eigenvalue weighted by atomic mass is 9.84. The van der Waals surface area contributed by atoms with E-state index in [1.54, 1.807) is 0 Å². The van der Waals surface area contributed by atoms with E-state index < -0.39 is 5.91 Å². The minimum absolute atomic E-state index is 0.0375. The summed E-state index contributed by atoms with van der Waals surface area (Å²) in [6.07, 6.45) is 1.92. The molecule has 0 aliphatic rings. The van der Waals surface area contributed by atoms with Gasteiger partial charge in [0.15, 0.2) is 6.61 Å². The Morgan fingerprint density at radius 2 is 1.94 bits per heavy atom. The van der Waals surface area contributed by atoms with E-state index in [1.165, 1.54) is 0 Å². The van der Waals surface area contributed by atoms with E-state index >= 15 is 0 Å². The largest absolute Gasteiger partial charge is 0.368 e. The fourth-order valence-corrected chi connectivity index (χ4v) is 1.21. The third-order valence-electron chi connectivity index (χ3n) is 2.25. The van der Waals surface area contributed by atoms with Gasteiger partial charge in [-0.15, -0.1) is 0 Å². The normalized spacial score (nSPS) is 11.2. The van der Waals surface area contributed by atoms with Gasteiger partial charge in [0.1, 0.15) is 0 Å². The molecule has 0 unspecified atom stereocenters. The summed E-state index contributed by atoms with van der Waals surface area (Å²) in [7, 11) is 0. The van der Waals surface area contributed by atoms with Crippen LogP contribution < -0.4 is 16.9 Å². The molecule has 0 aromatic heterocycles. The Balaban J connectivity index is 3.68. The van der Waals surface area contributed by atoms with Gasteiger partial charge in [0, 0.05) is 6.42 Å². The minimum atomic E-state index is -0.622. The van der Waals surface area contributed by atoms with Crippen LogP contribution in [0.3, 0.4) is 0 Å². The third kappa shape index (κ3) is 8.19. The van der Waals surface area contributed by atoms with Crippen LogP contribution in [0.5, 0.6) is 0 Å². The molecule has 0 aliphatic heterocycles. The zero-order valence-corrected chi connectivity index (χ0v) is 9.91. The summed E-state index contributed by atoms with van der Waals surface area (Å²) in [5, 5.41) is 0. The Morgan fingerprint density at radius 1 is 1.31 bits per heavy atom. The molecule has 6 heteroatoms. The second kappa shape index (κ2) is 7.19. The lowest BCUT2D eigenvalue weighted by Gasteiger charge is -2.23. The number of hydrogen-bond donors (Lipinski definition) is 3. The second-order valence-corrected chi connectivity index (χ2v) is 4.48. The summed E-state index contributed by atoms with van der Waals surface area (Å²) in [5.41, 5.74) is 12.5. The molecule has 6 nitrogen and oxygen atoms in total. The molecule has 0 aromatic rings. The van der Waals surface area contributed by atoms with Crippen LogP contribution in [0.25, 0.3) is 0 Å². The summed E-state index contributed by atoms with van der Waals surface area (Å²) in [5.74, 6) is -0.880. The maximum Gasteiger partial charge on any atom is 0.246 e. The van der Waals surface area contributed by atoms with Crippen LogP contribution in [-0.2, 0) is 14.4 Å². The van der Waals surface area contributed by atoms with Crippen molar-refractivity contribution in [2.24, 2.45) is 16.9 Å². The topological polar surface area (TPSA) is 107 Å². The monoisotopic (exact) mass is 231 g/mol. The standard InChI is InChI=1S/C10H21N3O3/c1-10(2,5-6-11)4-3-9(15)13-16-7-8(12)14/h3-7,11H2,1-2H3,(H2,12,14)(H,13,15). The zero-order valence-electron chi connectivity index (χ0n) is 9.91. The van der Waals surface area contributed by atoms with Crippen LogP contribution in [0.15, 0.2) is 0 Å². The van der Waals surface area contributed by atoms with Gasteiger partial charge in [-0.1, -0.05) is 13.8 Å². The van der Waals surface area contributed by atoms with Gasteiger partial charge in [-0.2, -0.15) is 0 Å². The van der Waals surface area contributed by atoms with E-state index in [-0.39, 0.29) is 17.9 Å². The van der Waals surface area contributed by atoms with Gasteiger partial charge in [0.2, 0.25) is 11.8 Å². The molecule has 0 heterocycles. The van der Waals surface area contributed by atoms with E-state index in [0.717, 1.165) is 12.8 Å². The third-order valence-corrected chi connectivity index (χ3v) is 2.25. The van der Waals surface area contributed by atoms with Crippen LogP contribution in [-0.4, -0.2) is 25.0 Å². The van der Waals surface area contributed by atoms with Crippen molar-refractivity contribution >= 4 is 11.8 Å². The lowest BCUT2D eigenvalue weighted by molar-refractivity contribution is -0.138. The molecule has 0 radical (unpaired) electrons. The number of carbonyl (C=O) groups is 2. The average molecular weight is 231 g/mol. The molecule has 0 saturated heterocycles. The smallest absolute Gasteiger partial charge is 0.246 e. The van der Waals surface area contributed by atoms with Gasteiger partial charge in [-0.3, -0.25) is 14.4 Å². The average Bonchev–Trinajstić information content (AvgIpc) is 2.14. The summed E-state index contributed by atoms with van der Waals surface area (Å²) >= 11 is 0. The van der Waals surface area contributed by atoms with E-state index in [9.17, 15) is 9.59 Å². The molecular formula is C10H21N3O3. The Hall–Kier alpha value is -1.14. The van der Waals surface area contributed by atoms with Crippen molar-refractivity contribution in [3.63, 3.8) is 0 Å². The maximum atomic E-state index is 11.3. The van der Waals surface area contributed by atoms with Crippen LogP contribution in [0.1, 0.15) is 33.1 Å². The first-order chi connectivity index (χ1) is 7.37. The van der Waals surface area contributed by atoms with E-state index in [4.69, 9.17) is 11.5 Å². The SMILES string of the molecule is CC(C)(CCN)CCC(=O)NOCC(N)=O. The van der Waals surface area contributed by atoms with Gasteiger partial charge in [0.05, 0.1) is 0 Å². The molecule has 0 spiro atoms. The van der Waals surface area contributed by atoms with Crippen molar-refractivity contribution in [2.75, 3.05) is 13.2 Å². The second-order valence-electron chi connectivity index (χ2n) is 4.48. The number of nitrogens with one attached hydrogen (secondary N) is 1. The van der Waals surface area contributed by atoms with Crippen molar-refractivity contribution in [2.45, 2.75) is 33.1 Å². The first kappa shape index (κ1) is 14.9. The van der Waals surface area contributed by atoms with Gasteiger partial charge < -0.3 is 11.5 Å². The number of hydrogen-bond acceptors (Lipinski definition) is 4. The number of carbonyl (C=O) groups excluding carboxylic acids is 2. The van der Waals surface area contributed by atoms with Crippen molar-refractivity contribution in [1.29, 1.82) is 0 Å². The Kier molecular flexibility index (Phi) is 6.67. The molecule has 0 fully saturated rings. The van der Waals surface area contributed by atoms with Crippen LogP contribution >= 0.6 is 0 Å². The number of amides is 2. The van der Waals surface area contributed by atoms with Crippen molar-refractivity contribution in [3.05, 3.63) is 0 Å². The van der Waals surface area contributed by atoms with Crippen LogP contribution in [0, 0.1) is 5.41 Å². The van der Waals surface area contributed by atoms with Gasteiger partial charge in [0.25, 0.3) is 0 Å². The van der Waals surface area contributed by atoms with Crippen LogP contribution in [0.4, 0.5) is 0 Å². The van der Waals surface area contributed by atoms with Crippen LogP contribution in [0.2, 0.25) is 0 Å². The molecule has 0 saturated carbocycles. The molecule has 2 amide bonds. The number of nitrogens with two attached hydrogens (primary N) is 2.